The van der Waals surface area contributed by atoms with Gasteiger partial charge < -0.3 is 25.0 Å². The van der Waals surface area contributed by atoms with Crippen molar-refractivity contribution >= 4 is 29.9 Å². The molecule has 0 radical (unpaired) electrons. The third kappa shape index (κ3) is 8.44. The van der Waals surface area contributed by atoms with Crippen LogP contribution in [0, 0.1) is 0 Å². The van der Waals surface area contributed by atoms with E-state index in [-0.39, 0.29) is 30.1 Å². The number of rotatable bonds is 8. The first kappa shape index (κ1) is 22.8. The lowest BCUT2D eigenvalue weighted by atomic mass is 10.1. The van der Waals surface area contributed by atoms with Gasteiger partial charge in [-0.3, -0.25) is 4.99 Å². The molecular formula is C19H33IN4O2. The SMILES string of the molecule is CN=C(NCCN1CCCCC1)NCC(C)Oc1ccc(OC)cc1.I. The van der Waals surface area contributed by atoms with Crippen molar-refractivity contribution in [3.8, 4) is 11.5 Å². The second-order valence-corrected chi connectivity index (χ2v) is 6.39. The lowest BCUT2D eigenvalue weighted by molar-refractivity contribution is 0.222. The van der Waals surface area contributed by atoms with Crippen LogP contribution >= 0.6 is 24.0 Å². The Kier molecular flexibility index (Phi) is 11.4. The van der Waals surface area contributed by atoms with Crippen molar-refractivity contribution in [2.45, 2.75) is 32.3 Å². The minimum absolute atomic E-state index is 0. The van der Waals surface area contributed by atoms with Crippen molar-refractivity contribution in [3.05, 3.63) is 24.3 Å². The summed E-state index contributed by atoms with van der Waals surface area (Å²) in [6.07, 6.45) is 4.06. The van der Waals surface area contributed by atoms with Gasteiger partial charge in [-0.15, -0.1) is 24.0 Å². The number of aliphatic imine (C=N–C) groups is 1. The number of nitrogens with one attached hydrogen (secondary N) is 2. The molecule has 1 saturated heterocycles. The van der Waals surface area contributed by atoms with Gasteiger partial charge in [0.1, 0.15) is 17.6 Å². The first-order chi connectivity index (χ1) is 12.2. The standard InChI is InChI=1S/C19H32N4O2.HI/c1-16(25-18-9-7-17(24-3)8-10-18)15-22-19(20-2)21-11-14-23-12-5-4-6-13-23;/h7-10,16H,4-6,11-15H2,1-3H3,(H2,20,21,22);1H. The molecule has 6 nitrogen and oxygen atoms in total. The molecule has 1 aliphatic rings. The van der Waals surface area contributed by atoms with Crippen molar-refractivity contribution in [2.75, 3.05) is 46.9 Å². The maximum Gasteiger partial charge on any atom is 0.191 e. The number of halogens is 1. The van der Waals surface area contributed by atoms with E-state index in [0.29, 0.717) is 6.54 Å². The van der Waals surface area contributed by atoms with Crippen LogP contribution in [0.5, 0.6) is 11.5 Å². The van der Waals surface area contributed by atoms with E-state index in [1.807, 2.05) is 31.2 Å². The van der Waals surface area contributed by atoms with E-state index in [2.05, 4.69) is 20.5 Å². The van der Waals surface area contributed by atoms with E-state index < -0.39 is 0 Å². The van der Waals surface area contributed by atoms with Gasteiger partial charge in [0.2, 0.25) is 0 Å². The molecule has 7 heteroatoms. The van der Waals surface area contributed by atoms with E-state index in [9.17, 15) is 0 Å². The number of methoxy groups -OCH3 is 1. The van der Waals surface area contributed by atoms with Gasteiger partial charge in [0, 0.05) is 20.1 Å². The molecule has 1 fully saturated rings. The molecule has 1 unspecified atom stereocenters. The number of guanidine groups is 1. The molecular weight excluding hydrogens is 443 g/mol. The van der Waals surface area contributed by atoms with Crippen LogP contribution in [-0.2, 0) is 0 Å². The Morgan fingerprint density at radius 3 is 2.38 bits per heavy atom. The lowest BCUT2D eigenvalue weighted by Crippen LogP contribution is -2.45. The Morgan fingerprint density at radius 2 is 1.77 bits per heavy atom. The summed E-state index contributed by atoms with van der Waals surface area (Å²) < 4.78 is 11.1. The van der Waals surface area contributed by atoms with E-state index >= 15 is 0 Å². The Bertz CT molecular complexity index is 519. The lowest BCUT2D eigenvalue weighted by Gasteiger charge is -2.26. The Labute approximate surface area is 174 Å². The van der Waals surface area contributed by atoms with E-state index in [1.54, 1.807) is 14.2 Å². The summed E-state index contributed by atoms with van der Waals surface area (Å²) in [6.45, 7) is 7.15. The van der Waals surface area contributed by atoms with Crippen LogP contribution in [0.25, 0.3) is 0 Å². The van der Waals surface area contributed by atoms with Crippen LogP contribution in [0.4, 0.5) is 0 Å². The summed E-state index contributed by atoms with van der Waals surface area (Å²) in [5.74, 6) is 2.49. The highest BCUT2D eigenvalue weighted by Gasteiger charge is 2.10. The van der Waals surface area contributed by atoms with Gasteiger partial charge in [-0.1, -0.05) is 6.42 Å². The molecule has 0 amide bonds. The zero-order chi connectivity index (χ0) is 17.9. The largest absolute Gasteiger partial charge is 0.497 e. The highest BCUT2D eigenvalue weighted by atomic mass is 127. The molecule has 148 valence electrons. The van der Waals surface area contributed by atoms with Gasteiger partial charge in [0.25, 0.3) is 0 Å². The Balaban J connectivity index is 0.00000338. The average molecular weight is 476 g/mol. The van der Waals surface area contributed by atoms with Crippen LogP contribution in [0.1, 0.15) is 26.2 Å². The number of hydrogen-bond donors (Lipinski definition) is 2. The monoisotopic (exact) mass is 476 g/mol. The quantitative estimate of drug-likeness (QED) is 0.344. The minimum Gasteiger partial charge on any atom is -0.497 e. The van der Waals surface area contributed by atoms with Gasteiger partial charge >= 0.3 is 0 Å². The van der Waals surface area contributed by atoms with E-state index in [0.717, 1.165) is 30.5 Å². The molecule has 1 atom stereocenters. The molecule has 1 heterocycles. The van der Waals surface area contributed by atoms with Gasteiger partial charge in [-0.2, -0.15) is 0 Å². The highest BCUT2D eigenvalue weighted by Crippen LogP contribution is 2.17. The summed E-state index contributed by atoms with van der Waals surface area (Å²) in [4.78, 5) is 6.79. The summed E-state index contributed by atoms with van der Waals surface area (Å²) in [5.41, 5.74) is 0. The third-order valence-corrected chi connectivity index (χ3v) is 4.35. The zero-order valence-corrected chi connectivity index (χ0v) is 18.5. The second-order valence-electron chi connectivity index (χ2n) is 6.39. The molecule has 26 heavy (non-hydrogen) atoms. The molecule has 0 spiro atoms. The van der Waals surface area contributed by atoms with Crippen LogP contribution in [0.3, 0.4) is 0 Å². The summed E-state index contributed by atoms with van der Waals surface area (Å²) in [7, 11) is 3.46. The van der Waals surface area contributed by atoms with E-state index in [1.165, 1.54) is 32.4 Å². The fourth-order valence-electron chi connectivity index (χ4n) is 2.90. The molecule has 0 aromatic heterocycles. The van der Waals surface area contributed by atoms with Crippen molar-refractivity contribution in [3.63, 3.8) is 0 Å². The third-order valence-electron chi connectivity index (χ3n) is 4.35. The van der Waals surface area contributed by atoms with Crippen LogP contribution < -0.4 is 20.1 Å². The van der Waals surface area contributed by atoms with Crippen molar-refractivity contribution < 1.29 is 9.47 Å². The molecule has 0 saturated carbocycles. The normalized spacial score (nSPS) is 16.3. The van der Waals surface area contributed by atoms with Gasteiger partial charge in [0.15, 0.2) is 5.96 Å². The Hall–Kier alpha value is -1.22. The summed E-state index contributed by atoms with van der Waals surface area (Å²) in [6, 6.07) is 7.63. The first-order valence-electron chi connectivity index (χ1n) is 9.19. The van der Waals surface area contributed by atoms with Gasteiger partial charge in [-0.25, -0.2) is 0 Å². The molecule has 0 aliphatic carbocycles. The maximum atomic E-state index is 5.90. The second kappa shape index (κ2) is 13.0. The molecule has 1 aliphatic heterocycles. The number of nitrogens with zero attached hydrogens (tertiary/aromatic N) is 2. The molecule has 1 aromatic carbocycles. The molecule has 2 N–H and O–H groups in total. The van der Waals surface area contributed by atoms with Crippen molar-refractivity contribution in [1.29, 1.82) is 0 Å². The van der Waals surface area contributed by atoms with E-state index in [4.69, 9.17) is 9.47 Å². The van der Waals surface area contributed by atoms with Crippen molar-refractivity contribution in [1.82, 2.24) is 15.5 Å². The predicted octanol–water partition coefficient (Wildman–Crippen LogP) is 2.73. The van der Waals surface area contributed by atoms with Crippen LogP contribution in [-0.4, -0.2) is 63.8 Å². The Morgan fingerprint density at radius 1 is 1.12 bits per heavy atom. The highest BCUT2D eigenvalue weighted by molar-refractivity contribution is 14.0. The maximum absolute atomic E-state index is 5.90. The summed E-state index contributed by atoms with van der Waals surface area (Å²) >= 11 is 0. The van der Waals surface area contributed by atoms with Crippen LogP contribution in [0.2, 0.25) is 0 Å². The van der Waals surface area contributed by atoms with Crippen molar-refractivity contribution in [2.24, 2.45) is 4.99 Å². The van der Waals surface area contributed by atoms with Crippen LogP contribution in [0.15, 0.2) is 29.3 Å². The summed E-state index contributed by atoms with van der Waals surface area (Å²) in [5, 5.41) is 6.70. The number of benzene rings is 1. The number of ether oxygens (including phenoxy) is 2. The smallest absolute Gasteiger partial charge is 0.191 e. The number of piperidine rings is 1. The molecule has 2 rings (SSSR count). The topological polar surface area (TPSA) is 58.1 Å². The predicted molar refractivity (Wildman–Crippen MR) is 118 cm³/mol. The minimum atomic E-state index is 0. The number of likely N-dealkylation sites (tertiary alicyclic amines) is 1. The van der Waals surface area contributed by atoms with Gasteiger partial charge in [-0.05, 0) is 57.1 Å². The fourth-order valence-corrected chi connectivity index (χ4v) is 2.90. The fraction of sp³-hybridized carbons (Fsp3) is 0.632. The van der Waals surface area contributed by atoms with Gasteiger partial charge in [0.05, 0.1) is 13.7 Å². The molecule has 1 aromatic rings. The molecule has 0 bridgehead atoms. The first-order valence-corrected chi connectivity index (χ1v) is 9.19. The number of hydrogen-bond acceptors (Lipinski definition) is 4. The average Bonchev–Trinajstić information content (AvgIpc) is 2.66. The zero-order valence-electron chi connectivity index (χ0n) is 16.2.